The standard InChI is InChI=1S/C9H10Cl2OS/c1-9(2,5-10)8(12)6-3-4-7(11)13-6/h3-4H,5H2,1-2H3. The topological polar surface area (TPSA) is 17.1 Å². The fraction of sp³-hybridized carbons (Fsp3) is 0.444. The van der Waals surface area contributed by atoms with Gasteiger partial charge in [-0.05, 0) is 12.1 Å². The highest BCUT2D eigenvalue weighted by Gasteiger charge is 2.28. The van der Waals surface area contributed by atoms with Crippen LogP contribution in [0.25, 0.3) is 0 Å². The molecule has 72 valence electrons. The maximum Gasteiger partial charge on any atom is 0.179 e. The van der Waals surface area contributed by atoms with E-state index in [2.05, 4.69) is 0 Å². The highest BCUT2D eigenvalue weighted by atomic mass is 35.5. The first kappa shape index (κ1) is 11.0. The van der Waals surface area contributed by atoms with Crippen LogP contribution >= 0.6 is 34.5 Å². The van der Waals surface area contributed by atoms with Crippen LogP contribution < -0.4 is 0 Å². The maximum atomic E-state index is 11.8. The lowest BCUT2D eigenvalue weighted by molar-refractivity contribution is 0.0866. The van der Waals surface area contributed by atoms with Gasteiger partial charge in [-0.1, -0.05) is 25.4 Å². The largest absolute Gasteiger partial charge is 0.293 e. The van der Waals surface area contributed by atoms with Gasteiger partial charge in [-0.2, -0.15) is 0 Å². The first-order valence-corrected chi connectivity index (χ1v) is 5.56. The van der Waals surface area contributed by atoms with Gasteiger partial charge in [0, 0.05) is 11.3 Å². The summed E-state index contributed by atoms with van der Waals surface area (Å²) < 4.78 is 0.633. The Morgan fingerprint density at radius 1 is 1.54 bits per heavy atom. The van der Waals surface area contributed by atoms with Crippen molar-refractivity contribution in [3.8, 4) is 0 Å². The maximum absolute atomic E-state index is 11.8. The van der Waals surface area contributed by atoms with Gasteiger partial charge in [0.2, 0.25) is 0 Å². The Hall–Kier alpha value is -0.0500. The molecule has 0 atom stereocenters. The van der Waals surface area contributed by atoms with Gasteiger partial charge in [0.1, 0.15) is 0 Å². The predicted molar refractivity (Wildman–Crippen MR) is 58.2 cm³/mol. The summed E-state index contributed by atoms with van der Waals surface area (Å²) in [5.41, 5.74) is -0.504. The van der Waals surface area contributed by atoms with Crippen molar-refractivity contribution >= 4 is 40.3 Å². The SMILES string of the molecule is CC(C)(CCl)C(=O)c1ccc(Cl)s1. The van der Waals surface area contributed by atoms with Gasteiger partial charge in [0.05, 0.1) is 9.21 Å². The zero-order valence-electron chi connectivity index (χ0n) is 7.43. The van der Waals surface area contributed by atoms with Gasteiger partial charge in [-0.25, -0.2) is 0 Å². The first-order chi connectivity index (χ1) is 5.97. The number of carbonyl (C=O) groups is 1. The van der Waals surface area contributed by atoms with Crippen molar-refractivity contribution in [2.45, 2.75) is 13.8 Å². The first-order valence-electron chi connectivity index (χ1n) is 3.83. The molecule has 0 amide bonds. The molecule has 0 fully saturated rings. The van der Waals surface area contributed by atoms with E-state index < -0.39 is 5.41 Å². The molecule has 1 nitrogen and oxygen atoms in total. The number of halogens is 2. The van der Waals surface area contributed by atoms with Crippen molar-refractivity contribution in [3.63, 3.8) is 0 Å². The van der Waals surface area contributed by atoms with Crippen molar-refractivity contribution in [1.82, 2.24) is 0 Å². The van der Waals surface area contributed by atoms with E-state index in [0.29, 0.717) is 15.1 Å². The number of ketones is 1. The van der Waals surface area contributed by atoms with Crippen LogP contribution in [0.3, 0.4) is 0 Å². The Labute approximate surface area is 91.7 Å². The van der Waals surface area contributed by atoms with Crippen LogP contribution in [0, 0.1) is 5.41 Å². The average molecular weight is 237 g/mol. The molecular formula is C9H10Cl2OS. The van der Waals surface area contributed by atoms with Crippen LogP contribution in [0.4, 0.5) is 0 Å². The molecule has 1 aromatic rings. The van der Waals surface area contributed by atoms with Crippen LogP contribution in [-0.4, -0.2) is 11.7 Å². The number of hydrogen-bond acceptors (Lipinski definition) is 2. The van der Waals surface area contributed by atoms with Crippen LogP contribution in [0.2, 0.25) is 4.34 Å². The third kappa shape index (κ3) is 2.46. The van der Waals surface area contributed by atoms with E-state index in [1.54, 1.807) is 12.1 Å². The van der Waals surface area contributed by atoms with Crippen LogP contribution in [0.1, 0.15) is 23.5 Å². The van der Waals surface area contributed by atoms with Gasteiger partial charge < -0.3 is 0 Å². The Kier molecular flexibility index (Phi) is 3.38. The summed E-state index contributed by atoms with van der Waals surface area (Å²) in [5, 5.41) is 0. The van der Waals surface area contributed by atoms with Crippen LogP contribution in [0.5, 0.6) is 0 Å². The van der Waals surface area contributed by atoms with Gasteiger partial charge in [0.25, 0.3) is 0 Å². The summed E-state index contributed by atoms with van der Waals surface area (Å²) in [6, 6.07) is 3.47. The molecule has 0 saturated heterocycles. The number of alkyl halides is 1. The third-order valence-electron chi connectivity index (χ3n) is 1.75. The summed E-state index contributed by atoms with van der Waals surface area (Å²) in [6.07, 6.45) is 0. The summed E-state index contributed by atoms with van der Waals surface area (Å²) in [7, 11) is 0. The molecule has 0 N–H and O–H groups in total. The summed E-state index contributed by atoms with van der Waals surface area (Å²) in [4.78, 5) is 12.5. The van der Waals surface area contributed by atoms with E-state index in [-0.39, 0.29) is 5.78 Å². The molecule has 0 bridgehead atoms. The zero-order chi connectivity index (χ0) is 10.1. The molecule has 0 aliphatic rings. The van der Waals surface area contributed by atoms with Crippen LogP contribution in [-0.2, 0) is 0 Å². The Morgan fingerprint density at radius 3 is 2.54 bits per heavy atom. The zero-order valence-corrected chi connectivity index (χ0v) is 9.76. The minimum absolute atomic E-state index is 0.0550. The summed E-state index contributed by atoms with van der Waals surface area (Å²) >= 11 is 12.7. The minimum atomic E-state index is -0.504. The highest BCUT2D eigenvalue weighted by Crippen LogP contribution is 2.29. The minimum Gasteiger partial charge on any atom is -0.293 e. The van der Waals surface area contributed by atoms with Crippen molar-refractivity contribution < 1.29 is 4.79 Å². The van der Waals surface area contributed by atoms with E-state index in [1.807, 2.05) is 13.8 Å². The molecule has 13 heavy (non-hydrogen) atoms. The van der Waals surface area contributed by atoms with Crippen molar-refractivity contribution in [3.05, 3.63) is 21.3 Å². The molecular weight excluding hydrogens is 227 g/mol. The Bertz CT molecular complexity index is 317. The third-order valence-corrected chi connectivity index (χ3v) is 3.64. The van der Waals surface area contributed by atoms with Gasteiger partial charge in [0.15, 0.2) is 5.78 Å². The van der Waals surface area contributed by atoms with Gasteiger partial charge in [-0.15, -0.1) is 22.9 Å². The molecule has 1 rings (SSSR count). The van der Waals surface area contributed by atoms with Gasteiger partial charge >= 0.3 is 0 Å². The number of Topliss-reactive ketones (excluding diaryl/α,β-unsaturated/α-hetero) is 1. The number of rotatable bonds is 3. The molecule has 0 aliphatic carbocycles. The smallest absolute Gasteiger partial charge is 0.179 e. The van der Waals surface area contributed by atoms with Crippen molar-refractivity contribution in [1.29, 1.82) is 0 Å². The normalized spacial score (nSPS) is 11.7. The van der Waals surface area contributed by atoms with E-state index >= 15 is 0 Å². The highest BCUT2D eigenvalue weighted by molar-refractivity contribution is 7.18. The molecule has 0 radical (unpaired) electrons. The molecule has 4 heteroatoms. The van der Waals surface area contributed by atoms with Crippen LogP contribution in [0.15, 0.2) is 12.1 Å². The second-order valence-electron chi connectivity index (χ2n) is 3.45. The second-order valence-corrected chi connectivity index (χ2v) is 5.43. The molecule has 0 spiro atoms. The molecule has 0 saturated carbocycles. The quantitative estimate of drug-likeness (QED) is 0.576. The lowest BCUT2D eigenvalue weighted by Gasteiger charge is -2.17. The van der Waals surface area contributed by atoms with Gasteiger partial charge in [-0.3, -0.25) is 4.79 Å². The molecule has 0 aromatic carbocycles. The summed E-state index contributed by atoms with van der Waals surface area (Å²) in [5.74, 6) is 0.376. The number of thiophene rings is 1. The van der Waals surface area contributed by atoms with Crippen molar-refractivity contribution in [2.24, 2.45) is 5.41 Å². The fourth-order valence-corrected chi connectivity index (χ4v) is 2.12. The predicted octanol–water partition coefficient (Wildman–Crippen LogP) is 3.85. The molecule has 1 heterocycles. The summed E-state index contributed by atoms with van der Waals surface area (Å²) in [6.45, 7) is 3.66. The monoisotopic (exact) mass is 236 g/mol. The molecule has 0 unspecified atom stereocenters. The van der Waals surface area contributed by atoms with E-state index in [0.717, 1.165) is 0 Å². The van der Waals surface area contributed by atoms with E-state index in [4.69, 9.17) is 23.2 Å². The van der Waals surface area contributed by atoms with E-state index in [1.165, 1.54) is 11.3 Å². The number of hydrogen-bond donors (Lipinski definition) is 0. The average Bonchev–Trinajstić information content (AvgIpc) is 2.50. The number of carbonyl (C=O) groups excluding carboxylic acids is 1. The molecule has 0 aliphatic heterocycles. The van der Waals surface area contributed by atoms with Crippen molar-refractivity contribution in [2.75, 3.05) is 5.88 Å². The second kappa shape index (κ2) is 3.99. The van der Waals surface area contributed by atoms with E-state index in [9.17, 15) is 4.79 Å². The Morgan fingerprint density at radius 2 is 2.15 bits per heavy atom. The lowest BCUT2D eigenvalue weighted by atomic mass is 9.90. The Balaban J connectivity index is 2.91. The molecule has 1 aromatic heterocycles. The lowest BCUT2D eigenvalue weighted by Crippen LogP contribution is -2.25. The fourth-order valence-electron chi connectivity index (χ4n) is 0.831.